The smallest absolute Gasteiger partial charge is 0.0897 e. The number of piperidine rings is 1. The molecule has 3 heteroatoms. The lowest BCUT2D eigenvalue weighted by Gasteiger charge is -2.41. The van der Waals surface area contributed by atoms with Gasteiger partial charge in [0.15, 0.2) is 0 Å². The van der Waals surface area contributed by atoms with Crippen LogP contribution < -0.4 is 5.32 Å². The van der Waals surface area contributed by atoms with Gasteiger partial charge in [-0.05, 0) is 45.3 Å². The molecule has 0 saturated carbocycles. The van der Waals surface area contributed by atoms with Gasteiger partial charge >= 0.3 is 0 Å². The molecule has 2 heterocycles. The van der Waals surface area contributed by atoms with Crippen LogP contribution in [0.1, 0.15) is 19.3 Å². The molecule has 0 radical (unpaired) electrons. The second kappa shape index (κ2) is 3.56. The van der Waals surface area contributed by atoms with Crippen molar-refractivity contribution in [3.63, 3.8) is 0 Å². The van der Waals surface area contributed by atoms with Crippen LogP contribution in [0.15, 0.2) is 0 Å². The van der Waals surface area contributed by atoms with Crippen molar-refractivity contribution in [2.75, 3.05) is 33.2 Å². The van der Waals surface area contributed by atoms with Crippen molar-refractivity contribution in [3.8, 4) is 0 Å². The van der Waals surface area contributed by atoms with Gasteiger partial charge in [-0.2, -0.15) is 0 Å². The number of rotatable bonds is 2. The van der Waals surface area contributed by atoms with Crippen LogP contribution in [0.2, 0.25) is 0 Å². The summed E-state index contributed by atoms with van der Waals surface area (Å²) in [4.78, 5) is 2.37. The molecule has 3 nitrogen and oxygen atoms in total. The number of hydrogen-bond acceptors (Lipinski definition) is 3. The quantitative estimate of drug-likeness (QED) is 0.636. The predicted molar refractivity (Wildman–Crippen MR) is 52.7 cm³/mol. The fourth-order valence-electron chi connectivity index (χ4n) is 2.36. The zero-order valence-corrected chi connectivity index (χ0v) is 8.42. The van der Waals surface area contributed by atoms with Gasteiger partial charge in [0.1, 0.15) is 0 Å². The standard InChI is InChI=1S/C10H20N2O/c1-12-4-2-9(3-5-12)6-10(13)7-11-8-10/h9,11,13H,2-8H2,1H3. The molecule has 0 atom stereocenters. The maximum absolute atomic E-state index is 9.95. The Morgan fingerprint density at radius 1 is 1.38 bits per heavy atom. The number of nitrogens with one attached hydrogen (secondary N) is 1. The maximum atomic E-state index is 9.95. The molecule has 0 aromatic carbocycles. The molecule has 0 bridgehead atoms. The minimum atomic E-state index is -0.361. The first-order valence-corrected chi connectivity index (χ1v) is 5.30. The van der Waals surface area contributed by atoms with E-state index in [1.807, 2.05) is 0 Å². The van der Waals surface area contributed by atoms with E-state index in [1.165, 1.54) is 25.9 Å². The lowest BCUT2D eigenvalue weighted by Crippen LogP contribution is -2.60. The SMILES string of the molecule is CN1CCC(CC2(O)CNC2)CC1. The molecule has 2 aliphatic heterocycles. The minimum Gasteiger partial charge on any atom is -0.387 e. The summed E-state index contributed by atoms with van der Waals surface area (Å²) < 4.78 is 0. The van der Waals surface area contributed by atoms with Crippen molar-refractivity contribution in [2.24, 2.45) is 5.92 Å². The molecule has 2 aliphatic rings. The van der Waals surface area contributed by atoms with E-state index in [-0.39, 0.29) is 5.60 Å². The summed E-state index contributed by atoms with van der Waals surface area (Å²) in [5.41, 5.74) is -0.361. The van der Waals surface area contributed by atoms with E-state index in [4.69, 9.17) is 0 Å². The van der Waals surface area contributed by atoms with E-state index < -0.39 is 0 Å². The number of aliphatic hydroxyl groups is 1. The first-order valence-electron chi connectivity index (χ1n) is 5.30. The molecular weight excluding hydrogens is 164 g/mol. The Bertz CT molecular complexity index is 172. The summed E-state index contributed by atoms with van der Waals surface area (Å²) in [7, 11) is 2.18. The van der Waals surface area contributed by atoms with Crippen molar-refractivity contribution < 1.29 is 5.11 Å². The molecular formula is C10H20N2O. The molecule has 2 rings (SSSR count). The Morgan fingerprint density at radius 3 is 2.46 bits per heavy atom. The monoisotopic (exact) mass is 184 g/mol. The molecule has 0 aromatic rings. The van der Waals surface area contributed by atoms with Crippen LogP contribution in [0.25, 0.3) is 0 Å². The zero-order chi connectivity index (χ0) is 9.31. The van der Waals surface area contributed by atoms with Gasteiger partial charge in [-0.25, -0.2) is 0 Å². The van der Waals surface area contributed by atoms with Gasteiger partial charge in [-0.3, -0.25) is 0 Å². The first-order chi connectivity index (χ1) is 6.18. The average Bonchev–Trinajstić information content (AvgIpc) is 2.06. The minimum absolute atomic E-state index is 0.361. The second-order valence-electron chi connectivity index (χ2n) is 4.78. The molecule has 0 unspecified atom stereocenters. The van der Waals surface area contributed by atoms with E-state index in [0.717, 1.165) is 25.4 Å². The zero-order valence-electron chi connectivity index (χ0n) is 8.42. The predicted octanol–water partition coefficient (Wildman–Crippen LogP) is 0.0526. The largest absolute Gasteiger partial charge is 0.387 e. The fourth-order valence-corrected chi connectivity index (χ4v) is 2.36. The van der Waals surface area contributed by atoms with E-state index in [9.17, 15) is 5.11 Å². The van der Waals surface area contributed by atoms with Crippen LogP contribution >= 0.6 is 0 Å². The molecule has 0 aromatic heterocycles. The highest BCUT2D eigenvalue weighted by Crippen LogP contribution is 2.28. The van der Waals surface area contributed by atoms with Gasteiger partial charge in [0, 0.05) is 13.1 Å². The van der Waals surface area contributed by atoms with Gasteiger partial charge in [-0.15, -0.1) is 0 Å². The van der Waals surface area contributed by atoms with Crippen LogP contribution in [-0.2, 0) is 0 Å². The Labute approximate surface area is 80.1 Å². The van der Waals surface area contributed by atoms with E-state index in [2.05, 4.69) is 17.3 Å². The summed E-state index contributed by atoms with van der Waals surface area (Å²) >= 11 is 0. The van der Waals surface area contributed by atoms with Crippen molar-refractivity contribution in [3.05, 3.63) is 0 Å². The van der Waals surface area contributed by atoms with Crippen molar-refractivity contribution in [1.82, 2.24) is 10.2 Å². The van der Waals surface area contributed by atoms with E-state index in [0.29, 0.717) is 0 Å². The topological polar surface area (TPSA) is 35.5 Å². The van der Waals surface area contributed by atoms with Gasteiger partial charge in [0.25, 0.3) is 0 Å². The highest BCUT2D eigenvalue weighted by molar-refractivity contribution is 4.94. The fraction of sp³-hybridized carbons (Fsp3) is 1.00. The third-order valence-electron chi connectivity index (χ3n) is 3.41. The molecule has 0 spiro atoms. The number of hydrogen-bond donors (Lipinski definition) is 2. The summed E-state index contributed by atoms with van der Waals surface area (Å²) in [6.45, 7) is 4.01. The molecule has 2 saturated heterocycles. The lowest BCUT2D eigenvalue weighted by atomic mass is 9.81. The summed E-state index contributed by atoms with van der Waals surface area (Å²) in [6.07, 6.45) is 3.53. The first kappa shape index (κ1) is 9.44. The molecule has 0 aliphatic carbocycles. The van der Waals surface area contributed by atoms with Crippen molar-refractivity contribution in [2.45, 2.75) is 24.9 Å². The third-order valence-corrected chi connectivity index (χ3v) is 3.41. The van der Waals surface area contributed by atoms with Gasteiger partial charge < -0.3 is 15.3 Å². The van der Waals surface area contributed by atoms with E-state index in [1.54, 1.807) is 0 Å². The molecule has 2 N–H and O–H groups in total. The van der Waals surface area contributed by atoms with E-state index >= 15 is 0 Å². The van der Waals surface area contributed by atoms with Crippen LogP contribution in [0, 0.1) is 5.92 Å². The third kappa shape index (κ3) is 2.22. The average molecular weight is 184 g/mol. The molecule has 0 amide bonds. The second-order valence-corrected chi connectivity index (χ2v) is 4.78. The highest BCUT2D eigenvalue weighted by atomic mass is 16.3. The molecule has 2 fully saturated rings. The van der Waals surface area contributed by atoms with Crippen LogP contribution in [0.5, 0.6) is 0 Å². The summed E-state index contributed by atoms with van der Waals surface area (Å²) in [5.74, 6) is 0.753. The Morgan fingerprint density at radius 2 is 2.00 bits per heavy atom. The van der Waals surface area contributed by atoms with Crippen LogP contribution in [0.4, 0.5) is 0 Å². The summed E-state index contributed by atoms with van der Waals surface area (Å²) in [6, 6.07) is 0. The number of likely N-dealkylation sites (tertiary alicyclic amines) is 1. The Hall–Kier alpha value is -0.120. The van der Waals surface area contributed by atoms with Gasteiger partial charge in [0.2, 0.25) is 0 Å². The van der Waals surface area contributed by atoms with Gasteiger partial charge in [0.05, 0.1) is 5.60 Å². The van der Waals surface area contributed by atoms with Crippen molar-refractivity contribution in [1.29, 1.82) is 0 Å². The number of nitrogens with zero attached hydrogens (tertiary/aromatic N) is 1. The Balaban J connectivity index is 1.76. The van der Waals surface area contributed by atoms with Crippen LogP contribution in [0.3, 0.4) is 0 Å². The maximum Gasteiger partial charge on any atom is 0.0897 e. The molecule has 76 valence electrons. The van der Waals surface area contributed by atoms with Gasteiger partial charge in [-0.1, -0.05) is 0 Å². The summed E-state index contributed by atoms with van der Waals surface area (Å²) in [5, 5.41) is 13.1. The molecule has 13 heavy (non-hydrogen) atoms. The van der Waals surface area contributed by atoms with Crippen LogP contribution in [-0.4, -0.2) is 48.8 Å². The lowest BCUT2D eigenvalue weighted by molar-refractivity contribution is -0.0365. The highest BCUT2D eigenvalue weighted by Gasteiger charge is 2.36. The normalized spacial score (nSPS) is 30.0. The Kier molecular flexibility index (Phi) is 2.58. The number of β-amino-alcohol motifs (C(OH)–C–C–N with tert-alkyl or cyclic N) is 1. The van der Waals surface area contributed by atoms with Crippen molar-refractivity contribution >= 4 is 0 Å².